The zero-order chi connectivity index (χ0) is 25.8. The molecule has 3 aromatic rings. The van der Waals surface area contributed by atoms with Crippen LogP contribution in [0.4, 0.5) is 30.7 Å². The lowest BCUT2D eigenvalue weighted by atomic mass is 10.00. The lowest BCUT2D eigenvalue weighted by Crippen LogP contribution is -2.23. The molecule has 0 radical (unpaired) electrons. The average molecular weight is 519 g/mol. The third kappa shape index (κ3) is 6.48. The van der Waals surface area contributed by atoms with E-state index < -0.39 is 52.1 Å². The minimum Gasteiger partial charge on any atom is -0.460 e. The maximum Gasteiger partial charge on any atom is 0.429 e. The van der Waals surface area contributed by atoms with E-state index in [4.69, 9.17) is 11.6 Å². The Labute approximate surface area is 201 Å². The molecule has 0 aliphatic carbocycles. The first-order valence-corrected chi connectivity index (χ1v) is 10.7. The van der Waals surface area contributed by atoms with Crippen LogP contribution in [0.5, 0.6) is 11.5 Å². The van der Waals surface area contributed by atoms with Crippen molar-refractivity contribution in [1.82, 2.24) is 0 Å². The summed E-state index contributed by atoms with van der Waals surface area (Å²) in [5.41, 5.74) is -0.362. The summed E-state index contributed by atoms with van der Waals surface area (Å²) < 4.78 is 106. The van der Waals surface area contributed by atoms with E-state index in [-0.39, 0.29) is 11.1 Å². The van der Waals surface area contributed by atoms with Crippen LogP contribution in [0, 0.1) is 17.5 Å². The van der Waals surface area contributed by atoms with Crippen LogP contribution in [-0.2, 0) is 12.5 Å². The van der Waals surface area contributed by atoms with Gasteiger partial charge in [0.25, 0.3) is 6.43 Å². The summed E-state index contributed by atoms with van der Waals surface area (Å²) in [5, 5.41) is -0.549. The highest BCUT2D eigenvalue weighted by Crippen LogP contribution is 2.39. The molecule has 0 atom stereocenters. The van der Waals surface area contributed by atoms with E-state index >= 15 is 0 Å². The molecule has 0 aliphatic heterocycles. The molecule has 0 heterocycles. The van der Waals surface area contributed by atoms with Crippen LogP contribution in [-0.4, -0.2) is 6.43 Å². The molecule has 0 saturated heterocycles. The van der Waals surface area contributed by atoms with Gasteiger partial charge in [-0.15, -0.1) is 0 Å². The van der Waals surface area contributed by atoms with Gasteiger partial charge in [0.1, 0.15) is 17.4 Å². The number of benzene rings is 3. The van der Waals surface area contributed by atoms with Crippen LogP contribution in [0.25, 0.3) is 11.1 Å². The Balaban J connectivity index is 1.84. The normalized spacial score (nSPS) is 11.9. The summed E-state index contributed by atoms with van der Waals surface area (Å²) in [7, 11) is 0. The van der Waals surface area contributed by atoms with E-state index in [9.17, 15) is 30.7 Å². The van der Waals surface area contributed by atoms with Crippen LogP contribution in [0.15, 0.2) is 60.9 Å². The van der Waals surface area contributed by atoms with E-state index in [0.29, 0.717) is 24.8 Å². The first kappa shape index (κ1) is 26.4. The second-order valence-corrected chi connectivity index (χ2v) is 7.78. The van der Waals surface area contributed by atoms with E-state index in [1.165, 1.54) is 12.1 Å². The van der Waals surface area contributed by atoms with E-state index in [0.717, 1.165) is 36.2 Å². The zero-order valence-corrected chi connectivity index (χ0v) is 18.9. The highest BCUT2D eigenvalue weighted by Gasteiger charge is 2.38. The lowest BCUT2D eigenvalue weighted by Gasteiger charge is -2.20. The van der Waals surface area contributed by atoms with Crippen molar-refractivity contribution >= 4 is 11.6 Å². The van der Waals surface area contributed by atoms with E-state index in [1.807, 2.05) is 6.92 Å². The van der Waals surface area contributed by atoms with Crippen LogP contribution < -0.4 is 9.47 Å². The lowest BCUT2D eigenvalue weighted by molar-refractivity contribution is -0.187. The number of rotatable bonds is 9. The fourth-order valence-corrected chi connectivity index (χ4v) is 3.48. The molecule has 3 rings (SSSR count). The molecule has 0 N–H and O–H groups in total. The van der Waals surface area contributed by atoms with Crippen molar-refractivity contribution < 1.29 is 40.2 Å². The highest BCUT2D eigenvalue weighted by molar-refractivity contribution is 6.32. The number of alkyl halides is 4. The van der Waals surface area contributed by atoms with Crippen molar-refractivity contribution in [3.05, 3.63) is 94.5 Å². The maximum atomic E-state index is 14.7. The molecule has 2 nitrogen and oxygen atoms in total. The molecule has 10 heteroatoms. The Kier molecular flexibility index (Phi) is 8.32. The number of ether oxygens (including phenoxy) is 2. The fourth-order valence-electron chi connectivity index (χ4n) is 3.23. The maximum absolute atomic E-state index is 14.7. The quantitative estimate of drug-likeness (QED) is 0.208. The van der Waals surface area contributed by atoms with E-state index in [1.54, 1.807) is 6.07 Å². The van der Waals surface area contributed by atoms with Crippen LogP contribution in [0.2, 0.25) is 5.02 Å². The van der Waals surface area contributed by atoms with Crippen molar-refractivity contribution in [2.45, 2.75) is 32.3 Å². The van der Waals surface area contributed by atoms with Gasteiger partial charge in [-0.3, -0.25) is 0 Å². The topological polar surface area (TPSA) is 18.5 Å². The fraction of sp³-hybridized carbons (Fsp3) is 0.200. The van der Waals surface area contributed by atoms with Crippen molar-refractivity contribution in [2.24, 2.45) is 0 Å². The van der Waals surface area contributed by atoms with Gasteiger partial charge in [-0.05, 0) is 35.7 Å². The molecule has 0 saturated carbocycles. The Morgan fingerprint density at radius 3 is 2.29 bits per heavy atom. The van der Waals surface area contributed by atoms with Gasteiger partial charge < -0.3 is 9.47 Å². The summed E-state index contributed by atoms with van der Waals surface area (Å²) in [6, 6.07) is 8.22. The van der Waals surface area contributed by atoms with Gasteiger partial charge in [0.15, 0.2) is 11.6 Å². The molecule has 0 fully saturated rings. The van der Waals surface area contributed by atoms with Crippen LogP contribution in [0.3, 0.4) is 0 Å². The second-order valence-electron chi connectivity index (χ2n) is 7.37. The number of halogens is 8. The molecule has 35 heavy (non-hydrogen) atoms. The largest absolute Gasteiger partial charge is 0.460 e. The van der Waals surface area contributed by atoms with Gasteiger partial charge in [-0.2, -0.15) is 8.78 Å². The predicted octanol–water partition coefficient (Wildman–Crippen LogP) is 8.66. The molecule has 0 aliphatic rings. The number of hydrogen-bond donors (Lipinski definition) is 0. The number of hydrogen-bond acceptors (Lipinski definition) is 2. The summed E-state index contributed by atoms with van der Waals surface area (Å²) in [6.07, 6.45) is -4.88. The first-order chi connectivity index (χ1) is 16.5. The molecule has 0 bridgehead atoms. The number of aryl methyl sites for hydroxylation is 1. The SMILES string of the molecule is CCCc1ccc(-c2ccc(C(F)(F)Oc3cc(F)c(OC=CC(F)F)c(Cl)c3)c(F)c2)c(F)c1. The standard InChI is InChI=1S/C25H18ClF7O2/c1-2-3-14-4-6-17(20(27)10-14)15-5-7-18(21(28)11-15)25(32,33)35-16-12-19(26)24(22(29)13-16)34-9-8-23(30)31/h4-13,23H,2-3H2,1H3. The molecule has 0 amide bonds. The minimum atomic E-state index is -4.26. The average Bonchev–Trinajstić information content (AvgIpc) is 2.75. The molecule has 3 aromatic carbocycles. The van der Waals surface area contributed by atoms with E-state index in [2.05, 4.69) is 9.47 Å². The van der Waals surface area contributed by atoms with Gasteiger partial charge in [0.05, 0.1) is 16.8 Å². The summed E-state index contributed by atoms with van der Waals surface area (Å²) in [4.78, 5) is 0. The van der Waals surface area contributed by atoms with Crippen molar-refractivity contribution in [3.8, 4) is 22.6 Å². The predicted molar refractivity (Wildman–Crippen MR) is 117 cm³/mol. The minimum absolute atomic E-state index is 0.0323. The Morgan fingerprint density at radius 2 is 1.69 bits per heavy atom. The van der Waals surface area contributed by atoms with Crippen LogP contribution >= 0.6 is 11.6 Å². The van der Waals surface area contributed by atoms with Gasteiger partial charge in [-0.25, -0.2) is 22.0 Å². The Morgan fingerprint density at radius 1 is 0.943 bits per heavy atom. The summed E-state index contributed by atoms with van der Waals surface area (Å²) >= 11 is 5.77. The first-order valence-electron chi connectivity index (χ1n) is 10.3. The highest BCUT2D eigenvalue weighted by atomic mass is 35.5. The molecular formula is C25H18ClF7O2. The monoisotopic (exact) mass is 518 g/mol. The van der Waals surface area contributed by atoms with Crippen molar-refractivity contribution in [1.29, 1.82) is 0 Å². The van der Waals surface area contributed by atoms with Gasteiger partial charge in [0, 0.05) is 23.8 Å². The third-order valence-corrected chi connectivity index (χ3v) is 5.07. The summed E-state index contributed by atoms with van der Waals surface area (Å²) in [5.74, 6) is -4.75. The van der Waals surface area contributed by atoms with Crippen molar-refractivity contribution in [2.75, 3.05) is 0 Å². The van der Waals surface area contributed by atoms with Gasteiger partial charge in [-0.1, -0.05) is 43.1 Å². The molecule has 186 valence electrons. The van der Waals surface area contributed by atoms with Gasteiger partial charge >= 0.3 is 6.11 Å². The second kappa shape index (κ2) is 11.0. The molecule has 0 spiro atoms. The smallest absolute Gasteiger partial charge is 0.429 e. The third-order valence-electron chi connectivity index (χ3n) is 4.79. The molecule has 0 aromatic heterocycles. The Hall–Kier alpha value is -3.20. The zero-order valence-electron chi connectivity index (χ0n) is 18.1. The van der Waals surface area contributed by atoms with Gasteiger partial charge in [0.2, 0.25) is 0 Å². The van der Waals surface area contributed by atoms with Crippen LogP contribution in [0.1, 0.15) is 24.5 Å². The summed E-state index contributed by atoms with van der Waals surface area (Å²) in [6.45, 7) is 1.93. The molecular weight excluding hydrogens is 501 g/mol. The van der Waals surface area contributed by atoms with Crippen molar-refractivity contribution in [3.63, 3.8) is 0 Å². The number of allylic oxidation sites excluding steroid dienone is 1. The molecule has 0 unspecified atom stereocenters. The Bertz CT molecular complexity index is 1210.